The highest BCUT2D eigenvalue weighted by Gasteiger charge is 2.07. The number of hydrogen-bond acceptors (Lipinski definition) is 5. The maximum Gasteiger partial charge on any atom is 0.205 e. The zero-order chi connectivity index (χ0) is 14.7. The summed E-state index contributed by atoms with van der Waals surface area (Å²) < 4.78 is 6.48. The van der Waals surface area contributed by atoms with Crippen molar-refractivity contribution in [2.45, 2.75) is 6.54 Å². The van der Waals surface area contributed by atoms with E-state index in [0.717, 1.165) is 15.8 Å². The predicted octanol–water partition coefficient (Wildman–Crippen LogP) is 3.90. The van der Waals surface area contributed by atoms with Crippen LogP contribution in [0.1, 0.15) is 0 Å². The Morgan fingerprint density at radius 3 is 3.00 bits per heavy atom. The number of nitrogens with zero attached hydrogens (tertiary/aromatic N) is 4. The van der Waals surface area contributed by atoms with Crippen molar-refractivity contribution in [2.24, 2.45) is 0 Å². The molecule has 2 aromatic heterocycles. The van der Waals surface area contributed by atoms with Gasteiger partial charge in [-0.15, -0.1) is 10.2 Å². The third-order valence-electron chi connectivity index (χ3n) is 2.67. The standard InChI is InChI=1S/C13H10BrClN4OS/c14-11-7-10(15)1-2-12(11)20-5-4-19-17-13(16-18-19)9-3-6-21-8-9/h1-3,6-8H,4-5H2. The van der Waals surface area contributed by atoms with Gasteiger partial charge in [-0.05, 0) is 50.8 Å². The largest absolute Gasteiger partial charge is 0.490 e. The molecule has 0 saturated carbocycles. The number of rotatable bonds is 5. The molecule has 3 aromatic rings. The Morgan fingerprint density at radius 1 is 1.33 bits per heavy atom. The van der Waals surface area contributed by atoms with Gasteiger partial charge >= 0.3 is 0 Å². The fraction of sp³-hybridized carbons (Fsp3) is 0.154. The molecule has 2 heterocycles. The lowest BCUT2D eigenvalue weighted by Gasteiger charge is -2.07. The summed E-state index contributed by atoms with van der Waals surface area (Å²) in [4.78, 5) is 1.52. The van der Waals surface area contributed by atoms with E-state index < -0.39 is 0 Å². The predicted molar refractivity (Wildman–Crippen MR) is 85.8 cm³/mol. The topological polar surface area (TPSA) is 52.8 Å². The first kappa shape index (κ1) is 14.5. The lowest BCUT2D eigenvalue weighted by atomic mass is 10.3. The van der Waals surface area contributed by atoms with Crippen LogP contribution in [0.5, 0.6) is 5.75 Å². The van der Waals surface area contributed by atoms with Crippen LogP contribution >= 0.6 is 38.9 Å². The summed E-state index contributed by atoms with van der Waals surface area (Å²) in [7, 11) is 0. The minimum atomic E-state index is 0.444. The molecule has 0 atom stereocenters. The summed E-state index contributed by atoms with van der Waals surface area (Å²) in [5.74, 6) is 1.36. The summed E-state index contributed by atoms with van der Waals surface area (Å²) in [5.41, 5.74) is 0.979. The summed E-state index contributed by atoms with van der Waals surface area (Å²) >= 11 is 10.9. The first-order valence-electron chi connectivity index (χ1n) is 6.10. The van der Waals surface area contributed by atoms with Gasteiger partial charge in [0.05, 0.1) is 11.0 Å². The Bertz CT molecular complexity index is 732. The molecule has 0 amide bonds. The van der Waals surface area contributed by atoms with E-state index in [1.54, 1.807) is 23.5 Å². The Labute approximate surface area is 138 Å². The third-order valence-corrected chi connectivity index (χ3v) is 4.21. The maximum atomic E-state index is 5.88. The Balaban J connectivity index is 1.58. The highest BCUT2D eigenvalue weighted by Crippen LogP contribution is 2.27. The molecule has 5 nitrogen and oxygen atoms in total. The molecule has 0 unspecified atom stereocenters. The maximum absolute atomic E-state index is 5.88. The molecule has 1 aromatic carbocycles. The monoisotopic (exact) mass is 384 g/mol. The van der Waals surface area contributed by atoms with Gasteiger partial charge in [0.1, 0.15) is 12.4 Å². The third kappa shape index (κ3) is 3.61. The summed E-state index contributed by atoms with van der Waals surface area (Å²) in [6, 6.07) is 7.36. The molecule has 0 fully saturated rings. The molecule has 0 spiro atoms. The van der Waals surface area contributed by atoms with Gasteiger partial charge in [-0.2, -0.15) is 16.1 Å². The highest BCUT2D eigenvalue weighted by atomic mass is 79.9. The van der Waals surface area contributed by atoms with Gasteiger partial charge < -0.3 is 4.74 Å². The Kier molecular flexibility index (Phi) is 4.52. The fourth-order valence-corrected chi connectivity index (χ4v) is 3.11. The van der Waals surface area contributed by atoms with Crippen molar-refractivity contribution in [3.05, 3.63) is 44.5 Å². The Hall–Kier alpha value is -1.44. The Morgan fingerprint density at radius 2 is 2.24 bits per heavy atom. The van der Waals surface area contributed by atoms with Crippen molar-refractivity contribution in [3.63, 3.8) is 0 Å². The van der Waals surface area contributed by atoms with E-state index in [1.807, 2.05) is 22.9 Å². The zero-order valence-electron chi connectivity index (χ0n) is 10.7. The average Bonchev–Trinajstić information content (AvgIpc) is 3.11. The molecule has 0 N–H and O–H groups in total. The number of hydrogen-bond donors (Lipinski definition) is 0. The minimum absolute atomic E-state index is 0.444. The fourth-order valence-electron chi connectivity index (χ4n) is 1.67. The van der Waals surface area contributed by atoms with Crippen molar-refractivity contribution < 1.29 is 4.74 Å². The molecule has 8 heteroatoms. The van der Waals surface area contributed by atoms with E-state index in [2.05, 4.69) is 31.3 Å². The molecule has 0 aliphatic heterocycles. The van der Waals surface area contributed by atoms with Crippen LogP contribution in [0.25, 0.3) is 11.4 Å². The van der Waals surface area contributed by atoms with Crippen LogP contribution in [0, 0.1) is 0 Å². The van der Waals surface area contributed by atoms with Crippen molar-refractivity contribution in [1.29, 1.82) is 0 Å². The van der Waals surface area contributed by atoms with Crippen molar-refractivity contribution in [2.75, 3.05) is 6.61 Å². The van der Waals surface area contributed by atoms with Gasteiger partial charge in [0.15, 0.2) is 0 Å². The molecule has 0 bridgehead atoms. The number of ether oxygens (including phenoxy) is 1. The van der Waals surface area contributed by atoms with Crippen LogP contribution in [0.4, 0.5) is 0 Å². The average molecular weight is 386 g/mol. The molecule has 0 aliphatic rings. The molecular formula is C13H10BrClN4OS. The molecule has 108 valence electrons. The van der Waals surface area contributed by atoms with E-state index >= 15 is 0 Å². The van der Waals surface area contributed by atoms with E-state index in [0.29, 0.717) is 24.0 Å². The minimum Gasteiger partial charge on any atom is -0.490 e. The van der Waals surface area contributed by atoms with Gasteiger partial charge in [0, 0.05) is 16.0 Å². The molecule has 3 rings (SSSR count). The van der Waals surface area contributed by atoms with Gasteiger partial charge in [-0.25, -0.2) is 0 Å². The SMILES string of the molecule is Clc1ccc(OCCn2nnc(-c3ccsc3)n2)c(Br)c1. The van der Waals surface area contributed by atoms with E-state index in [9.17, 15) is 0 Å². The van der Waals surface area contributed by atoms with Crippen molar-refractivity contribution >= 4 is 38.9 Å². The van der Waals surface area contributed by atoms with E-state index in [4.69, 9.17) is 16.3 Å². The van der Waals surface area contributed by atoms with Crippen molar-refractivity contribution in [1.82, 2.24) is 20.2 Å². The van der Waals surface area contributed by atoms with Crippen LogP contribution < -0.4 is 4.74 Å². The zero-order valence-corrected chi connectivity index (χ0v) is 13.9. The van der Waals surface area contributed by atoms with Gasteiger partial charge in [0.2, 0.25) is 5.82 Å². The van der Waals surface area contributed by atoms with Crippen LogP contribution in [0.2, 0.25) is 5.02 Å². The van der Waals surface area contributed by atoms with Gasteiger partial charge in [-0.1, -0.05) is 11.6 Å². The van der Waals surface area contributed by atoms with E-state index in [-0.39, 0.29) is 0 Å². The summed E-state index contributed by atoms with van der Waals surface area (Å²) in [5, 5.41) is 17.0. The summed E-state index contributed by atoms with van der Waals surface area (Å²) in [6.07, 6.45) is 0. The molecule has 0 aliphatic carbocycles. The normalized spacial score (nSPS) is 10.8. The smallest absolute Gasteiger partial charge is 0.205 e. The number of aromatic nitrogens is 4. The lowest BCUT2D eigenvalue weighted by Crippen LogP contribution is -2.11. The number of tetrazole rings is 1. The molecule has 0 radical (unpaired) electrons. The number of benzene rings is 1. The second kappa shape index (κ2) is 6.55. The quantitative estimate of drug-likeness (QED) is 0.668. The second-order valence-corrected chi connectivity index (χ2v) is 6.21. The van der Waals surface area contributed by atoms with Crippen LogP contribution in [-0.2, 0) is 6.54 Å². The van der Waals surface area contributed by atoms with Crippen molar-refractivity contribution in [3.8, 4) is 17.1 Å². The molecule has 21 heavy (non-hydrogen) atoms. The summed E-state index contributed by atoms with van der Waals surface area (Å²) in [6.45, 7) is 0.964. The highest BCUT2D eigenvalue weighted by molar-refractivity contribution is 9.10. The lowest BCUT2D eigenvalue weighted by molar-refractivity contribution is 0.279. The molecular weight excluding hydrogens is 376 g/mol. The van der Waals surface area contributed by atoms with Gasteiger partial charge in [-0.3, -0.25) is 0 Å². The first-order chi connectivity index (χ1) is 10.2. The molecule has 0 saturated heterocycles. The number of halogens is 2. The van der Waals surface area contributed by atoms with Crippen LogP contribution in [-0.4, -0.2) is 26.8 Å². The second-order valence-electron chi connectivity index (χ2n) is 4.14. The number of thiophene rings is 1. The van der Waals surface area contributed by atoms with E-state index in [1.165, 1.54) is 4.80 Å². The van der Waals surface area contributed by atoms with Crippen LogP contribution in [0.15, 0.2) is 39.5 Å². The van der Waals surface area contributed by atoms with Gasteiger partial charge in [0.25, 0.3) is 0 Å². The van der Waals surface area contributed by atoms with Crippen LogP contribution in [0.3, 0.4) is 0 Å². The first-order valence-corrected chi connectivity index (χ1v) is 8.22.